The summed E-state index contributed by atoms with van der Waals surface area (Å²) in [7, 11) is 0. The lowest BCUT2D eigenvalue weighted by atomic mass is 9.35. The van der Waals surface area contributed by atoms with E-state index in [2.05, 4.69) is 10.6 Å². The Kier molecular flexibility index (Phi) is 3.64. The van der Waals surface area contributed by atoms with Gasteiger partial charge in [-0.25, -0.2) is 4.39 Å². The summed E-state index contributed by atoms with van der Waals surface area (Å²) in [6.45, 7) is 0.112. The van der Waals surface area contributed by atoms with E-state index in [-0.39, 0.29) is 23.8 Å². The molecule has 0 radical (unpaired) electrons. The van der Waals surface area contributed by atoms with Gasteiger partial charge >= 0.3 is 0 Å². The zero-order valence-electron chi connectivity index (χ0n) is 14.9. The molecule has 2 bridgehead atoms. The summed E-state index contributed by atoms with van der Waals surface area (Å²) in [5, 5.41) is 15.6. The van der Waals surface area contributed by atoms with E-state index in [9.17, 15) is 19.1 Å². The first-order valence-corrected chi connectivity index (χ1v) is 9.55. The lowest BCUT2D eigenvalue weighted by molar-refractivity contribution is -0.216. The van der Waals surface area contributed by atoms with E-state index in [4.69, 9.17) is 11.6 Å². The molecule has 3 N–H and O–H groups in total. The molecule has 4 aliphatic rings. The van der Waals surface area contributed by atoms with Crippen LogP contribution in [0.15, 0.2) is 36.4 Å². The highest BCUT2D eigenvalue weighted by atomic mass is 35.5. The summed E-state index contributed by atoms with van der Waals surface area (Å²) in [4.78, 5) is 25.3. The molecule has 28 heavy (non-hydrogen) atoms. The highest BCUT2D eigenvalue weighted by Crippen LogP contribution is 2.73. The number of amides is 2. The van der Waals surface area contributed by atoms with Gasteiger partial charge in [0.15, 0.2) is 0 Å². The van der Waals surface area contributed by atoms with Crippen molar-refractivity contribution in [3.8, 4) is 0 Å². The lowest BCUT2D eigenvalue weighted by Gasteiger charge is -2.68. The maximum Gasteiger partial charge on any atom is 0.252 e. The molecule has 1 atom stereocenters. The quantitative estimate of drug-likeness (QED) is 0.736. The summed E-state index contributed by atoms with van der Waals surface area (Å²) < 4.78 is 13.8. The third-order valence-corrected chi connectivity index (χ3v) is 6.73. The molecule has 2 aromatic carbocycles. The number of halogens is 2. The van der Waals surface area contributed by atoms with Gasteiger partial charge in [-0.05, 0) is 55.0 Å². The second-order valence-corrected chi connectivity index (χ2v) is 8.67. The second-order valence-electron chi connectivity index (χ2n) is 8.26. The number of benzene rings is 2. The van der Waals surface area contributed by atoms with Crippen molar-refractivity contribution in [1.29, 1.82) is 0 Å². The zero-order valence-corrected chi connectivity index (χ0v) is 15.6. The van der Waals surface area contributed by atoms with Crippen molar-refractivity contribution in [1.82, 2.24) is 5.32 Å². The van der Waals surface area contributed by atoms with Crippen LogP contribution >= 0.6 is 11.6 Å². The molecule has 5 nitrogen and oxygen atoms in total. The third-order valence-electron chi connectivity index (χ3n) is 6.39. The molecule has 2 aromatic rings. The van der Waals surface area contributed by atoms with Crippen LogP contribution in [0.1, 0.15) is 46.8 Å². The van der Waals surface area contributed by atoms with Crippen LogP contribution in [0.25, 0.3) is 0 Å². The molecule has 0 aromatic heterocycles. The topological polar surface area (TPSA) is 78.4 Å². The van der Waals surface area contributed by atoms with Gasteiger partial charge in [0.25, 0.3) is 5.91 Å². The molecule has 3 aliphatic carbocycles. The first-order chi connectivity index (χ1) is 13.4. The Bertz CT molecular complexity index is 1020. The minimum atomic E-state index is -0.640. The van der Waals surface area contributed by atoms with Gasteiger partial charge in [0.05, 0.1) is 11.5 Å². The summed E-state index contributed by atoms with van der Waals surface area (Å²) in [5.41, 5.74) is 1.50. The number of anilines is 1. The molecule has 3 saturated carbocycles. The number of hydrogen-bond acceptors (Lipinski definition) is 3. The van der Waals surface area contributed by atoms with Gasteiger partial charge in [-0.2, -0.15) is 0 Å². The first kappa shape index (κ1) is 17.6. The van der Waals surface area contributed by atoms with Crippen molar-refractivity contribution in [2.24, 2.45) is 10.8 Å². The van der Waals surface area contributed by atoms with Gasteiger partial charge in [0, 0.05) is 34.0 Å². The molecule has 3 fully saturated rings. The van der Waals surface area contributed by atoms with Crippen molar-refractivity contribution in [2.75, 3.05) is 11.9 Å². The molecular weight excluding hydrogens is 383 g/mol. The fourth-order valence-corrected chi connectivity index (χ4v) is 5.32. The van der Waals surface area contributed by atoms with Gasteiger partial charge in [-0.15, -0.1) is 0 Å². The minimum absolute atomic E-state index is 0.0783. The predicted octanol–water partition coefficient (Wildman–Crippen LogP) is 3.41. The average Bonchev–Trinajstić information content (AvgIpc) is 2.93. The maximum absolute atomic E-state index is 13.8. The van der Waals surface area contributed by atoms with Gasteiger partial charge < -0.3 is 15.7 Å². The number of carbonyl (C=O) groups is 2. The van der Waals surface area contributed by atoms with Crippen LogP contribution in [0.5, 0.6) is 0 Å². The highest BCUT2D eigenvalue weighted by molar-refractivity contribution is 6.31. The second kappa shape index (κ2) is 5.78. The Morgan fingerprint density at radius 3 is 2.75 bits per heavy atom. The molecule has 2 amide bonds. The monoisotopic (exact) mass is 400 g/mol. The number of nitrogens with one attached hydrogen (secondary N) is 2. The van der Waals surface area contributed by atoms with E-state index in [0.717, 1.165) is 0 Å². The SMILES string of the molecule is O=C1NC(c2cc(F)ccc2Cl)c2c(NC(=O)C34CC(CO)(C3)C4)cccc21. The zero-order chi connectivity index (χ0) is 19.7. The van der Waals surface area contributed by atoms with Gasteiger partial charge in [-0.3, -0.25) is 9.59 Å². The van der Waals surface area contributed by atoms with Crippen LogP contribution in [-0.4, -0.2) is 23.5 Å². The average molecular weight is 401 g/mol. The predicted molar refractivity (Wildman–Crippen MR) is 102 cm³/mol. The van der Waals surface area contributed by atoms with Crippen molar-refractivity contribution in [3.63, 3.8) is 0 Å². The summed E-state index contributed by atoms with van der Waals surface area (Å²) in [6, 6.07) is 8.50. The summed E-state index contributed by atoms with van der Waals surface area (Å²) in [5.74, 6) is -0.840. The Morgan fingerprint density at radius 1 is 1.29 bits per heavy atom. The van der Waals surface area contributed by atoms with E-state index in [1.165, 1.54) is 18.2 Å². The Hall–Kier alpha value is -2.44. The number of carbonyl (C=O) groups excluding carboxylic acids is 2. The summed E-state index contributed by atoms with van der Waals surface area (Å²) >= 11 is 6.26. The van der Waals surface area contributed by atoms with E-state index in [1.54, 1.807) is 18.2 Å². The normalized spacial score (nSPS) is 29.4. The van der Waals surface area contributed by atoms with Crippen LogP contribution < -0.4 is 10.6 Å². The number of rotatable bonds is 4. The fraction of sp³-hybridized carbons (Fsp3) is 0.333. The van der Waals surface area contributed by atoms with Crippen molar-refractivity contribution < 1.29 is 19.1 Å². The lowest BCUT2D eigenvalue weighted by Crippen LogP contribution is -2.68. The molecular formula is C21H18ClFN2O3. The van der Waals surface area contributed by atoms with Gasteiger partial charge in [0.2, 0.25) is 5.91 Å². The number of aliphatic hydroxyl groups excluding tert-OH is 1. The number of hydrogen-bond donors (Lipinski definition) is 3. The van der Waals surface area contributed by atoms with E-state index >= 15 is 0 Å². The van der Waals surface area contributed by atoms with Crippen LogP contribution in [-0.2, 0) is 4.79 Å². The van der Waals surface area contributed by atoms with Gasteiger partial charge in [-0.1, -0.05) is 17.7 Å². The van der Waals surface area contributed by atoms with E-state index in [0.29, 0.717) is 46.7 Å². The molecule has 1 aliphatic heterocycles. The van der Waals surface area contributed by atoms with Crippen molar-refractivity contribution >= 4 is 29.1 Å². The highest BCUT2D eigenvalue weighted by Gasteiger charge is 2.71. The Labute approximate surface area is 165 Å². The van der Waals surface area contributed by atoms with Crippen LogP contribution in [0.3, 0.4) is 0 Å². The van der Waals surface area contributed by atoms with E-state index < -0.39 is 17.3 Å². The molecule has 0 spiro atoms. The smallest absolute Gasteiger partial charge is 0.252 e. The summed E-state index contributed by atoms with van der Waals surface area (Å²) in [6.07, 6.45) is 2.06. The largest absolute Gasteiger partial charge is 0.396 e. The molecule has 0 saturated heterocycles. The molecule has 6 rings (SSSR count). The standard InChI is InChI=1S/C21H18ClFN2O3/c22-14-5-4-11(23)6-13(14)17-16-12(18(27)25-17)2-1-3-15(16)24-19(28)21-7-20(8-21,9-21)10-26/h1-6,17,26H,7-10H2,(H,24,28)(H,25,27). The molecule has 144 valence electrons. The number of fused-ring (bicyclic) bond motifs is 1. The van der Waals surface area contributed by atoms with Crippen LogP contribution in [0, 0.1) is 16.6 Å². The number of aliphatic hydroxyl groups is 1. The molecule has 7 heteroatoms. The Balaban J connectivity index is 1.49. The minimum Gasteiger partial charge on any atom is -0.396 e. The van der Waals surface area contributed by atoms with Crippen molar-refractivity contribution in [3.05, 3.63) is 63.9 Å². The first-order valence-electron chi connectivity index (χ1n) is 9.18. The Morgan fingerprint density at radius 2 is 2.04 bits per heavy atom. The molecule has 1 unspecified atom stereocenters. The van der Waals surface area contributed by atoms with Gasteiger partial charge in [0.1, 0.15) is 5.82 Å². The van der Waals surface area contributed by atoms with Crippen molar-refractivity contribution in [2.45, 2.75) is 25.3 Å². The molecule has 1 heterocycles. The van der Waals surface area contributed by atoms with Crippen LogP contribution in [0.2, 0.25) is 5.02 Å². The fourth-order valence-electron chi connectivity index (χ4n) is 5.09. The van der Waals surface area contributed by atoms with Crippen LogP contribution in [0.4, 0.5) is 10.1 Å². The third kappa shape index (κ3) is 2.34. The maximum atomic E-state index is 13.8. The van der Waals surface area contributed by atoms with E-state index in [1.807, 2.05) is 0 Å².